The Labute approximate surface area is 211 Å². The first-order valence-electron chi connectivity index (χ1n) is 12.0. The first-order chi connectivity index (χ1) is 17.3. The maximum absolute atomic E-state index is 2.29. The summed E-state index contributed by atoms with van der Waals surface area (Å²) in [4.78, 5) is 0. The normalized spacial score (nSPS) is 11.3. The predicted molar refractivity (Wildman–Crippen MR) is 156 cm³/mol. The third kappa shape index (κ3) is 5.66. The van der Waals surface area contributed by atoms with Gasteiger partial charge in [0.1, 0.15) is 0 Å². The van der Waals surface area contributed by atoms with Gasteiger partial charge in [-0.1, -0.05) is 145 Å². The van der Waals surface area contributed by atoms with Crippen LogP contribution in [0.1, 0.15) is 33.4 Å². The highest BCUT2D eigenvalue weighted by molar-refractivity contribution is 6.32. The molecule has 5 rings (SSSR count). The van der Waals surface area contributed by atoms with Gasteiger partial charge in [0.25, 0.3) is 0 Å². The molecule has 1 heteroatoms. The van der Waals surface area contributed by atoms with E-state index in [1.54, 1.807) is 0 Å². The zero-order chi connectivity index (χ0) is 23.9. The van der Waals surface area contributed by atoms with Crippen LogP contribution in [0.4, 0.5) is 0 Å². The SMILES string of the molecule is [SiH3]c1ccc(C(=Cc2ccc(C=C(c3ccccc3)c3ccccc3)cc2)c2ccccc2)cc1. The van der Waals surface area contributed by atoms with Gasteiger partial charge in [-0.05, 0) is 56.7 Å². The molecular formula is C34H28Si. The maximum Gasteiger partial charge on any atom is 0.0384 e. The number of benzene rings is 5. The van der Waals surface area contributed by atoms with Gasteiger partial charge in [0.05, 0.1) is 0 Å². The average molecular weight is 465 g/mol. The van der Waals surface area contributed by atoms with Crippen molar-refractivity contribution in [3.05, 3.63) is 173 Å². The van der Waals surface area contributed by atoms with Crippen molar-refractivity contribution in [2.45, 2.75) is 0 Å². The fourth-order valence-electron chi connectivity index (χ4n) is 4.27. The van der Waals surface area contributed by atoms with Gasteiger partial charge in [0.15, 0.2) is 0 Å². The van der Waals surface area contributed by atoms with E-state index in [4.69, 9.17) is 0 Å². The van der Waals surface area contributed by atoms with E-state index in [1.165, 1.54) is 49.7 Å². The molecule has 35 heavy (non-hydrogen) atoms. The van der Waals surface area contributed by atoms with Gasteiger partial charge >= 0.3 is 0 Å². The van der Waals surface area contributed by atoms with Gasteiger partial charge in [-0.2, -0.15) is 0 Å². The standard InChI is InChI=1S/C34H28Si/c35-32-22-20-31(21-23-32)34(30-14-8-3-9-15-30)25-27-18-16-26(17-19-27)24-33(28-10-4-1-5-11-28)29-12-6-2-7-13-29/h1-25H,35H3. The lowest BCUT2D eigenvalue weighted by molar-refractivity contribution is 1.54. The van der Waals surface area contributed by atoms with Crippen LogP contribution in [-0.4, -0.2) is 10.2 Å². The summed E-state index contributed by atoms with van der Waals surface area (Å²) in [6.45, 7) is 0. The van der Waals surface area contributed by atoms with Crippen LogP contribution in [0.25, 0.3) is 23.3 Å². The molecule has 0 fully saturated rings. The monoisotopic (exact) mass is 464 g/mol. The van der Waals surface area contributed by atoms with Crippen molar-refractivity contribution in [2.75, 3.05) is 0 Å². The Kier molecular flexibility index (Phi) is 6.98. The van der Waals surface area contributed by atoms with Crippen molar-refractivity contribution in [1.29, 1.82) is 0 Å². The highest BCUT2D eigenvalue weighted by Crippen LogP contribution is 2.28. The van der Waals surface area contributed by atoms with Crippen LogP contribution >= 0.6 is 0 Å². The molecular weight excluding hydrogens is 436 g/mol. The molecule has 0 spiro atoms. The van der Waals surface area contributed by atoms with E-state index in [2.05, 4.69) is 152 Å². The number of hydrogen-bond donors (Lipinski definition) is 0. The third-order valence-electron chi connectivity index (χ3n) is 6.18. The first-order valence-corrected chi connectivity index (χ1v) is 13.0. The molecule has 0 N–H and O–H groups in total. The van der Waals surface area contributed by atoms with E-state index in [-0.39, 0.29) is 0 Å². The lowest BCUT2D eigenvalue weighted by Gasteiger charge is -2.11. The number of hydrogen-bond acceptors (Lipinski definition) is 0. The van der Waals surface area contributed by atoms with Crippen molar-refractivity contribution in [1.82, 2.24) is 0 Å². The molecule has 5 aromatic rings. The lowest BCUT2D eigenvalue weighted by Crippen LogP contribution is -2.00. The van der Waals surface area contributed by atoms with Crippen LogP contribution in [-0.2, 0) is 0 Å². The Morgan fingerprint density at radius 3 is 1.03 bits per heavy atom. The van der Waals surface area contributed by atoms with E-state index >= 15 is 0 Å². The summed E-state index contributed by atoms with van der Waals surface area (Å²) in [5.74, 6) is 0. The molecule has 0 amide bonds. The highest BCUT2D eigenvalue weighted by atomic mass is 28.1. The van der Waals surface area contributed by atoms with E-state index in [1.807, 2.05) is 0 Å². The van der Waals surface area contributed by atoms with Crippen molar-refractivity contribution < 1.29 is 0 Å². The van der Waals surface area contributed by atoms with Crippen LogP contribution < -0.4 is 5.19 Å². The minimum absolute atomic E-state index is 1.07. The molecule has 0 atom stereocenters. The van der Waals surface area contributed by atoms with Gasteiger partial charge in [-0.25, -0.2) is 0 Å². The Hall–Kier alpha value is -4.20. The molecule has 0 aliphatic rings. The van der Waals surface area contributed by atoms with Gasteiger partial charge in [0.2, 0.25) is 0 Å². The first kappa shape index (κ1) is 22.6. The summed E-state index contributed by atoms with van der Waals surface area (Å²) in [5.41, 5.74) is 9.76. The van der Waals surface area contributed by atoms with E-state index in [9.17, 15) is 0 Å². The molecule has 0 aliphatic heterocycles. The highest BCUT2D eigenvalue weighted by Gasteiger charge is 2.07. The average Bonchev–Trinajstić information content (AvgIpc) is 2.93. The summed E-state index contributed by atoms with van der Waals surface area (Å²) >= 11 is 0. The molecule has 0 aliphatic carbocycles. The molecule has 0 heterocycles. The molecule has 0 nitrogen and oxygen atoms in total. The van der Waals surface area contributed by atoms with Gasteiger partial charge < -0.3 is 0 Å². The molecule has 168 valence electrons. The minimum Gasteiger partial charge on any atom is -0.0707 e. The fraction of sp³-hybridized carbons (Fsp3) is 0. The Morgan fingerprint density at radius 1 is 0.371 bits per heavy atom. The molecule has 0 unspecified atom stereocenters. The van der Waals surface area contributed by atoms with Crippen molar-refractivity contribution >= 4 is 38.7 Å². The van der Waals surface area contributed by atoms with E-state index in [0.717, 1.165) is 10.2 Å². The van der Waals surface area contributed by atoms with Crippen LogP contribution in [0.2, 0.25) is 0 Å². The van der Waals surface area contributed by atoms with Crippen molar-refractivity contribution in [3.63, 3.8) is 0 Å². The number of rotatable bonds is 6. The van der Waals surface area contributed by atoms with Gasteiger partial charge in [-0.3, -0.25) is 0 Å². The maximum atomic E-state index is 2.29. The summed E-state index contributed by atoms with van der Waals surface area (Å²) in [6.07, 6.45) is 4.57. The van der Waals surface area contributed by atoms with Crippen LogP contribution in [0, 0.1) is 0 Å². The molecule has 5 aromatic carbocycles. The second-order valence-electron chi connectivity index (χ2n) is 8.75. The molecule has 0 aromatic heterocycles. The molecule has 0 saturated heterocycles. The lowest BCUT2D eigenvalue weighted by atomic mass is 9.94. The summed E-state index contributed by atoms with van der Waals surface area (Å²) in [7, 11) is 1.07. The van der Waals surface area contributed by atoms with Crippen LogP contribution in [0.5, 0.6) is 0 Å². The smallest absolute Gasteiger partial charge is 0.0384 e. The minimum atomic E-state index is 1.07. The predicted octanol–water partition coefficient (Wildman–Crippen LogP) is 6.86. The zero-order valence-corrected chi connectivity index (χ0v) is 21.9. The van der Waals surface area contributed by atoms with Crippen molar-refractivity contribution in [3.8, 4) is 0 Å². The quantitative estimate of drug-likeness (QED) is 0.190. The summed E-state index contributed by atoms with van der Waals surface area (Å²) in [5, 5.41) is 1.41. The van der Waals surface area contributed by atoms with Crippen LogP contribution in [0.3, 0.4) is 0 Å². The van der Waals surface area contributed by atoms with Gasteiger partial charge in [-0.15, -0.1) is 0 Å². The zero-order valence-electron chi connectivity index (χ0n) is 19.9. The third-order valence-corrected chi connectivity index (χ3v) is 6.84. The Bertz CT molecular complexity index is 1390. The van der Waals surface area contributed by atoms with Gasteiger partial charge in [0, 0.05) is 10.2 Å². The van der Waals surface area contributed by atoms with Crippen molar-refractivity contribution in [2.24, 2.45) is 0 Å². The molecule has 0 radical (unpaired) electrons. The van der Waals surface area contributed by atoms with E-state index in [0.29, 0.717) is 0 Å². The second-order valence-corrected chi connectivity index (χ2v) is 9.90. The van der Waals surface area contributed by atoms with Crippen LogP contribution in [0.15, 0.2) is 140 Å². The fourth-order valence-corrected chi connectivity index (χ4v) is 4.61. The summed E-state index contributed by atoms with van der Waals surface area (Å²) < 4.78 is 0. The summed E-state index contributed by atoms with van der Waals surface area (Å²) in [6, 6.07) is 49.6. The second kappa shape index (κ2) is 10.8. The molecule has 0 saturated carbocycles. The Morgan fingerprint density at radius 2 is 0.686 bits per heavy atom. The topological polar surface area (TPSA) is 0 Å². The molecule has 0 bridgehead atoms. The largest absolute Gasteiger partial charge is 0.0707 e. The Balaban J connectivity index is 1.52. The van der Waals surface area contributed by atoms with E-state index < -0.39 is 0 Å².